The minimum atomic E-state index is -1.42. The number of para-hydroxylation sites is 2. The molecule has 1 aliphatic heterocycles. The summed E-state index contributed by atoms with van der Waals surface area (Å²) < 4.78 is 10.8. The van der Waals surface area contributed by atoms with Gasteiger partial charge in [0, 0.05) is 0 Å². The molecular formula is C12H14N2O5. The van der Waals surface area contributed by atoms with Gasteiger partial charge in [0.15, 0.2) is 11.5 Å². The number of carbonyl (C=O) groups excluding carboxylic acids is 2. The summed E-state index contributed by atoms with van der Waals surface area (Å²) in [6, 6.07) is 6.98. The molecule has 2 rings (SSSR count). The summed E-state index contributed by atoms with van der Waals surface area (Å²) >= 11 is 0. The van der Waals surface area contributed by atoms with E-state index in [2.05, 4.69) is 5.32 Å². The average Bonchev–Trinajstić information content (AvgIpc) is 2.43. The molecule has 1 aliphatic rings. The van der Waals surface area contributed by atoms with Crippen LogP contribution in [-0.4, -0.2) is 42.3 Å². The standard InChI is InChI=1S/C12H14N2O5/c13-11(16)7(15)5-14-12(17)10-6-18-8-3-1-2-4-9(8)19-10/h1-4,7,10,15H,5-6H2,(H2,13,16)(H,14,17). The number of hydrogen-bond donors (Lipinski definition) is 3. The number of hydrogen-bond acceptors (Lipinski definition) is 5. The summed E-state index contributed by atoms with van der Waals surface area (Å²) in [5, 5.41) is 11.5. The van der Waals surface area contributed by atoms with Gasteiger partial charge in [-0.05, 0) is 12.1 Å². The lowest BCUT2D eigenvalue weighted by atomic mass is 10.2. The Morgan fingerprint density at radius 1 is 1.42 bits per heavy atom. The molecule has 0 bridgehead atoms. The summed E-state index contributed by atoms with van der Waals surface area (Å²) in [7, 11) is 0. The van der Waals surface area contributed by atoms with E-state index in [1.165, 1.54) is 0 Å². The van der Waals surface area contributed by atoms with Crippen LogP contribution in [-0.2, 0) is 9.59 Å². The van der Waals surface area contributed by atoms with E-state index in [9.17, 15) is 14.7 Å². The number of amides is 2. The Morgan fingerprint density at radius 2 is 2.11 bits per heavy atom. The predicted octanol–water partition coefficient (Wildman–Crippen LogP) is -1.21. The van der Waals surface area contributed by atoms with Crippen molar-refractivity contribution in [2.75, 3.05) is 13.2 Å². The van der Waals surface area contributed by atoms with Crippen molar-refractivity contribution in [3.63, 3.8) is 0 Å². The molecule has 102 valence electrons. The molecule has 0 saturated carbocycles. The van der Waals surface area contributed by atoms with Crippen LogP contribution in [0.5, 0.6) is 11.5 Å². The van der Waals surface area contributed by atoms with Gasteiger partial charge in [-0.3, -0.25) is 9.59 Å². The van der Waals surface area contributed by atoms with Crippen molar-refractivity contribution in [3.8, 4) is 11.5 Å². The Kier molecular flexibility index (Phi) is 3.86. The SMILES string of the molecule is NC(=O)C(O)CNC(=O)C1COc2ccccc2O1. The summed E-state index contributed by atoms with van der Waals surface area (Å²) in [6.07, 6.45) is -2.24. The molecular weight excluding hydrogens is 252 g/mol. The number of aliphatic hydroxyl groups is 1. The molecule has 1 aromatic carbocycles. The van der Waals surface area contributed by atoms with E-state index in [0.717, 1.165) is 0 Å². The lowest BCUT2D eigenvalue weighted by Crippen LogP contribution is -2.48. The first kappa shape index (κ1) is 13.2. The van der Waals surface area contributed by atoms with Crippen LogP contribution in [0, 0.1) is 0 Å². The number of aliphatic hydroxyl groups excluding tert-OH is 1. The van der Waals surface area contributed by atoms with E-state index in [4.69, 9.17) is 15.2 Å². The van der Waals surface area contributed by atoms with Gasteiger partial charge in [0.05, 0.1) is 6.54 Å². The zero-order valence-electron chi connectivity index (χ0n) is 10.0. The molecule has 0 aromatic heterocycles. The van der Waals surface area contributed by atoms with Crippen LogP contribution >= 0.6 is 0 Å². The fourth-order valence-electron chi connectivity index (χ4n) is 1.56. The Morgan fingerprint density at radius 3 is 2.79 bits per heavy atom. The quantitative estimate of drug-likeness (QED) is 0.633. The number of primary amides is 1. The highest BCUT2D eigenvalue weighted by Gasteiger charge is 2.27. The van der Waals surface area contributed by atoms with E-state index in [0.29, 0.717) is 11.5 Å². The Bertz CT molecular complexity index is 491. The summed E-state index contributed by atoms with van der Waals surface area (Å²) in [4.78, 5) is 22.4. The maximum Gasteiger partial charge on any atom is 0.264 e. The zero-order valence-corrected chi connectivity index (χ0v) is 10.0. The Balaban J connectivity index is 1.90. The van der Waals surface area contributed by atoms with Crippen molar-refractivity contribution >= 4 is 11.8 Å². The molecule has 0 radical (unpaired) electrons. The third kappa shape index (κ3) is 3.14. The first-order chi connectivity index (χ1) is 9.08. The maximum absolute atomic E-state index is 11.8. The van der Waals surface area contributed by atoms with Gasteiger partial charge < -0.3 is 25.6 Å². The Hall–Kier alpha value is -2.28. The van der Waals surface area contributed by atoms with Crippen LogP contribution < -0.4 is 20.5 Å². The number of carbonyl (C=O) groups is 2. The highest BCUT2D eigenvalue weighted by Crippen LogP contribution is 2.30. The van der Waals surface area contributed by atoms with Crippen LogP contribution in [0.4, 0.5) is 0 Å². The summed E-state index contributed by atoms with van der Waals surface area (Å²) in [6.45, 7) is -0.189. The second kappa shape index (κ2) is 5.57. The first-order valence-electron chi connectivity index (χ1n) is 5.71. The summed E-state index contributed by atoms with van der Waals surface area (Å²) in [5.74, 6) is -0.325. The molecule has 7 nitrogen and oxygen atoms in total. The molecule has 2 amide bonds. The van der Waals surface area contributed by atoms with Crippen LogP contribution in [0.1, 0.15) is 0 Å². The molecule has 19 heavy (non-hydrogen) atoms. The topological polar surface area (TPSA) is 111 Å². The van der Waals surface area contributed by atoms with Gasteiger partial charge in [-0.15, -0.1) is 0 Å². The van der Waals surface area contributed by atoms with Crippen molar-refractivity contribution in [2.24, 2.45) is 5.73 Å². The minimum absolute atomic E-state index is 0.0650. The van der Waals surface area contributed by atoms with Crippen LogP contribution in [0.15, 0.2) is 24.3 Å². The molecule has 1 aromatic rings. The van der Waals surface area contributed by atoms with Crippen LogP contribution in [0.25, 0.3) is 0 Å². The first-order valence-corrected chi connectivity index (χ1v) is 5.71. The number of nitrogens with one attached hydrogen (secondary N) is 1. The average molecular weight is 266 g/mol. The number of ether oxygens (including phenoxy) is 2. The molecule has 0 spiro atoms. The molecule has 0 aliphatic carbocycles. The second-order valence-electron chi connectivity index (χ2n) is 4.03. The largest absolute Gasteiger partial charge is 0.485 e. The molecule has 0 saturated heterocycles. The van der Waals surface area contributed by atoms with Gasteiger partial charge in [0.25, 0.3) is 5.91 Å². The summed E-state index contributed by atoms with van der Waals surface area (Å²) in [5.41, 5.74) is 4.87. The molecule has 7 heteroatoms. The molecule has 4 N–H and O–H groups in total. The normalized spacial score (nSPS) is 18.5. The van der Waals surface area contributed by atoms with Gasteiger partial charge in [0.1, 0.15) is 12.7 Å². The smallest absolute Gasteiger partial charge is 0.264 e. The van der Waals surface area contributed by atoms with E-state index < -0.39 is 24.0 Å². The zero-order chi connectivity index (χ0) is 13.8. The van der Waals surface area contributed by atoms with Gasteiger partial charge in [-0.1, -0.05) is 12.1 Å². The number of fused-ring (bicyclic) bond motifs is 1. The van der Waals surface area contributed by atoms with Crippen molar-refractivity contribution in [1.82, 2.24) is 5.32 Å². The highest BCUT2D eigenvalue weighted by atomic mass is 16.6. The molecule has 2 atom stereocenters. The number of nitrogens with two attached hydrogens (primary N) is 1. The van der Waals surface area contributed by atoms with Crippen LogP contribution in [0.3, 0.4) is 0 Å². The maximum atomic E-state index is 11.8. The minimum Gasteiger partial charge on any atom is -0.485 e. The van der Waals surface area contributed by atoms with Gasteiger partial charge in [-0.2, -0.15) is 0 Å². The van der Waals surface area contributed by atoms with Crippen molar-refractivity contribution in [3.05, 3.63) is 24.3 Å². The lowest BCUT2D eigenvalue weighted by molar-refractivity contribution is -0.132. The lowest BCUT2D eigenvalue weighted by Gasteiger charge is -2.25. The van der Waals surface area contributed by atoms with Gasteiger partial charge >= 0.3 is 0 Å². The number of benzene rings is 1. The molecule has 2 unspecified atom stereocenters. The predicted molar refractivity (Wildman–Crippen MR) is 64.6 cm³/mol. The fourth-order valence-corrected chi connectivity index (χ4v) is 1.56. The van der Waals surface area contributed by atoms with E-state index in [1.807, 2.05) is 0 Å². The third-order valence-electron chi connectivity index (χ3n) is 2.60. The van der Waals surface area contributed by atoms with E-state index >= 15 is 0 Å². The molecule has 0 fully saturated rings. The van der Waals surface area contributed by atoms with Crippen molar-refractivity contribution in [1.29, 1.82) is 0 Å². The van der Waals surface area contributed by atoms with Gasteiger partial charge in [0.2, 0.25) is 12.0 Å². The number of rotatable bonds is 4. The molecule has 1 heterocycles. The second-order valence-corrected chi connectivity index (χ2v) is 4.03. The monoisotopic (exact) mass is 266 g/mol. The van der Waals surface area contributed by atoms with Gasteiger partial charge in [-0.25, -0.2) is 0 Å². The van der Waals surface area contributed by atoms with E-state index in [-0.39, 0.29) is 13.2 Å². The van der Waals surface area contributed by atoms with Crippen molar-refractivity contribution in [2.45, 2.75) is 12.2 Å². The third-order valence-corrected chi connectivity index (χ3v) is 2.60. The highest BCUT2D eigenvalue weighted by molar-refractivity contribution is 5.83. The van der Waals surface area contributed by atoms with E-state index in [1.54, 1.807) is 24.3 Å². The van der Waals surface area contributed by atoms with Crippen molar-refractivity contribution < 1.29 is 24.2 Å². The van der Waals surface area contributed by atoms with Crippen LogP contribution in [0.2, 0.25) is 0 Å². The Labute approximate surface area is 109 Å². The fraction of sp³-hybridized carbons (Fsp3) is 0.333.